The number of nitrogens with zero attached hydrogens (tertiary/aromatic N) is 1. The van der Waals surface area contributed by atoms with Crippen LogP contribution < -0.4 is 5.73 Å². The molecule has 14 heavy (non-hydrogen) atoms. The Kier molecular flexibility index (Phi) is 4.08. The number of nitrogens with two attached hydrogens (primary N) is 1. The molecule has 2 heteroatoms. The van der Waals surface area contributed by atoms with Crippen LogP contribution in [0.25, 0.3) is 0 Å². The number of aryl methyl sites for hydroxylation is 1. The van der Waals surface area contributed by atoms with Crippen LogP contribution in [0, 0.1) is 12.8 Å². The van der Waals surface area contributed by atoms with E-state index in [1.807, 2.05) is 19.3 Å². The number of rotatable bonds is 4. The zero-order chi connectivity index (χ0) is 10.6. The molecule has 0 saturated heterocycles. The fourth-order valence-electron chi connectivity index (χ4n) is 1.72. The summed E-state index contributed by atoms with van der Waals surface area (Å²) in [5.41, 5.74) is 8.49. The highest BCUT2D eigenvalue weighted by molar-refractivity contribution is 5.20. The Morgan fingerprint density at radius 2 is 2.14 bits per heavy atom. The predicted molar refractivity (Wildman–Crippen MR) is 60.0 cm³/mol. The highest BCUT2D eigenvalue weighted by Gasteiger charge is 2.13. The molecular formula is C12H20N2. The van der Waals surface area contributed by atoms with Gasteiger partial charge >= 0.3 is 0 Å². The standard InChI is InChI=1S/C12H20N2/c1-4-5-10(3)12(13)11-6-9(2)7-14-8-11/h6-8,10,12H,4-5,13H2,1-3H3. The lowest BCUT2D eigenvalue weighted by Gasteiger charge is -2.19. The molecule has 2 N–H and O–H groups in total. The molecule has 0 saturated carbocycles. The van der Waals surface area contributed by atoms with E-state index in [4.69, 9.17) is 5.73 Å². The Labute approximate surface area is 86.5 Å². The van der Waals surface area contributed by atoms with Crippen molar-refractivity contribution in [2.45, 2.75) is 39.7 Å². The summed E-state index contributed by atoms with van der Waals surface area (Å²) in [6.45, 7) is 6.45. The molecule has 2 nitrogen and oxygen atoms in total. The zero-order valence-corrected chi connectivity index (χ0v) is 9.33. The lowest BCUT2D eigenvalue weighted by atomic mass is 9.92. The number of hydrogen-bond acceptors (Lipinski definition) is 2. The second kappa shape index (κ2) is 5.11. The minimum atomic E-state index is 0.127. The van der Waals surface area contributed by atoms with Gasteiger partial charge in [-0.25, -0.2) is 0 Å². The summed E-state index contributed by atoms with van der Waals surface area (Å²) < 4.78 is 0. The van der Waals surface area contributed by atoms with Gasteiger partial charge < -0.3 is 5.73 Å². The van der Waals surface area contributed by atoms with E-state index in [9.17, 15) is 0 Å². The molecule has 0 bridgehead atoms. The monoisotopic (exact) mass is 192 g/mol. The third kappa shape index (κ3) is 2.81. The van der Waals surface area contributed by atoms with Crippen molar-refractivity contribution in [3.63, 3.8) is 0 Å². The SMILES string of the molecule is CCCC(C)C(N)c1cncc(C)c1. The van der Waals surface area contributed by atoms with Crippen LogP contribution in [0.2, 0.25) is 0 Å². The first kappa shape index (κ1) is 11.2. The zero-order valence-electron chi connectivity index (χ0n) is 9.33. The Balaban J connectivity index is 2.73. The number of aromatic nitrogens is 1. The maximum atomic E-state index is 6.15. The van der Waals surface area contributed by atoms with Crippen molar-refractivity contribution in [3.8, 4) is 0 Å². The van der Waals surface area contributed by atoms with Crippen molar-refractivity contribution in [3.05, 3.63) is 29.6 Å². The van der Waals surface area contributed by atoms with Gasteiger partial charge in [0.1, 0.15) is 0 Å². The maximum Gasteiger partial charge on any atom is 0.0336 e. The van der Waals surface area contributed by atoms with Crippen molar-refractivity contribution in [2.24, 2.45) is 11.7 Å². The molecule has 0 aliphatic carbocycles. The lowest BCUT2D eigenvalue weighted by Crippen LogP contribution is -2.19. The van der Waals surface area contributed by atoms with Gasteiger partial charge in [0.05, 0.1) is 0 Å². The average Bonchev–Trinajstić information content (AvgIpc) is 2.17. The van der Waals surface area contributed by atoms with E-state index in [0.717, 1.165) is 5.56 Å². The first-order valence-corrected chi connectivity index (χ1v) is 5.32. The second-order valence-electron chi connectivity index (χ2n) is 4.09. The molecule has 1 heterocycles. The summed E-state index contributed by atoms with van der Waals surface area (Å²) in [7, 11) is 0. The van der Waals surface area contributed by atoms with Gasteiger partial charge in [-0.2, -0.15) is 0 Å². The molecule has 0 aromatic carbocycles. The summed E-state index contributed by atoms with van der Waals surface area (Å²) in [4.78, 5) is 4.17. The summed E-state index contributed by atoms with van der Waals surface area (Å²) >= 11 is 0. The van der Waals surface area contributed by atoms with E-state index in [1.54, 1.807) is 0 Å². The van der Waals surface area contributed by atoms with E-state index in [0.29, 0.717) is 5.92 Å². The van der Waals surface area contributed by atoms with Crippen molar-refractivity contribution < 1.29 is 0 Å². The summed E-state index contributed by atoms with van der Waals surface area (Å²) in [5.74, 6) is 0.531. The third-order valence-corrected chi connectivity index (χ3v) is 2.64. The molecule has 0 spiro atoms. The molecule has 0 aliphatic heterocycles. The van der Waals surface area contributed by atoms with Crippen LogP contribution >= 0.6 is 0 Å². The van der Waals surface area contributed by atoms with Gasteiger partial charge in [0.15, 0.2) is 0 Å². The molecule has 78 valence electrons. The molecule has 0 aliphatic rings. The quantitative estimate of drug-likeness (QED) is 0.796. The molecule has 1 aromatic heterocycles. The van der Waals surface area contributed by atoms with Gasteiger partial charge in [0.2, 0.25) is 0 Å². The van der Waals surface area contributed by atoms with Crippen molar-refractivity contribution in [2.75, 3.05) is 0 Å². The fraction of sp³-hybridized carbons (Fsp3) is 0.583. The average molecular weight is 192 g/mol. The largest absolute Gasteiger partial charge is 0.324 e. The van der Waals surface area contributed by atoms with Gasteiger partial charge in [-0.05, 0) is 30.4 Å². The maximum absolute atomic E-state index is 6.15. The van der Waals surface area contributed by atoms with Crippen LogP contribution in [0.1, 0.15) is 43.9 Å². The van der Waals surface area contributed by atoms with Crippen LogP contribution in [0.3, 0.4) is 0 Å². The third-order valence-electron chi connectivity index (χ3n) is 2.64. The molecule has 1 rings (SSSR count). The van der Waals surface area contributed by atoms with Crippen LogP contribution in [-0.2, 0) is 0 Å². The molecule has 0 fully saturated rings. The van der Waals surface area contributed by atoms with E-state index >= 15 is 0 Å². The van der Waals surface area contributed by atoms with Crippen LogP contribution in [0.15, 0.2) is 18.5 Å². The Bertz CT molecular complexity index is 283. The van der Waals surface area contributed by atoms with Gasteiger partial charge in [0.25, 0.3) is 0 Å². The van der Waals surface area contributed by atoms with Crippen molar-refractivity contribution in [1.29, 1.82) is 0 Å². The van der Waals surface area contributed by atoms with E-state index in [2.05, 4.69) is 24.9 Å². The first-order chi connectivity index (χ1) is 6.65. The lowest BCUT2D eigenvalue weighted by molar-refractivity contribution is 0.433. The second-order valence-corrected chi connectivity index (χ2v) is 4.09. The predicted octanol–water partition coefficient (Wildman–Crippen LogP) is 2.83. The number of pyridine rings is 1. The molecule has 0 radical (unpaired) electrons. The van der Waals surface area contributed by atoms with Crippen molar-refractivity contribution >= 4 is 0 Å². The van der Waals surface area contributed by atoms with Gasteiger partial charge in [-0.15, -0.1) is 0 Å². The highest BCUT2D eigenvalue weighted by atomic mass is 14.7. The van der Waals surface area contributed by atoms with Crippen LogP contribution in [-0.4, -0.2) is 4.98 Å². The Morgan fingerprint density at radius 1 is 1.43 bits per heavy atom. The normalized spacial score (nSPS) is 15.1. The smallest absolute Gasteiger partial charge is 0.0336 e. The summed E-state index contributed by atoms with van der Waals surface area (Å²) in [6.07, 6.45) is 6.10. The number of hydrogen-bond donors (Lipinski definition) is 1. The molecular weight excluding hydrogens is 172 g/mol. The van der Waals surface area contributed by atoms with Gasteiger partial charge in [0, 0.05) is 18.4 Å². The van der Waals surface area contributed by atoms with E-state index < -0.39 is 0 Å². The molecule has 1 aromatic rings. The Morgan fingerprint density at radius 3 is 2.71 bits per heavy atom. The Hall–Kier alpha value is -0.890. The van der Waals surface area contributed by atoms with Crippen molar-refractivity contribution in [1.82, 2.24) is 4.98 Å². The minimum absolute atomic E-state index is 0.127. The summed E-state index contributed by atoms with van der Waals surface area (Å²) in [6, 6.07) is 2.26. The van der Waals surface area contributed by atoms with Crippen LogP contribution in [0.5, 0.6) is 0 Å². The topological polar surface area (TPSA) is 38.9 Å². The van der Waals surface area contributed by atoms with Crippen LogP contribution in [0.4, 0.5) is 0 Å². The molecule has 2 atom stereocenters. The van der Waals surface area contributed by atoms with Gasteiger partial charge in [-0.3, -0.25) is 4.98 Å². The van der Waals surface area contributed by atoms with E-state index in [1.165, 1.54) is 18.4 Å². The molecule has 2 unspecified atom stereocenters. The molecule has 0 amide bonds. The highest BCUT2D eigenvalue weighted by Crippen LogP contribution is 2.22. The van der Waals surface area contributed by atoms with Gasteiger partial charge in [-0.1, -0.05) is 26.3 Å². The summed E-state index contributed by atoms with van der Waals surface area (Å²) in [5, 5.41) is 0. The first-order valence-electron chi connectivity index (χ1n) is 5.32. The minimum Gasteiger partial charge on any atom is -0.324 e. The van der Waals surface area contributed by atoms with E-state index in [-0.39, 0.29) is 6.04 Å². The fourth-order valence-corrected chi connectivity index (χ4v) is 1.72.